The number of benzene rings is 1. The van der Waals surface area contributed by atoms with Gasteiger partial charge in [0.1, 0.15) is 6.04 Å². The molecular weight excluding hydrogens is 382 g/mol. The second-order valence-electron chi connectivity index (χ2n) is 7.74. The van der Waals surface area contributed by atoms with Crippen molar-refractivity contribution >= 4 is 23.4 Å². The van der Waals surface area contributed by atoms with Crippen LogP contribution in [0.4, 0.5) is 5.69 Å². The van der Waals surface area contributed by atoms with E-state index in [9.17, 15) is 14.4 Å². The van der Waals surface area contributed by atoms with Crippen molar-refractivity contribution < 1.29 is 14.4 Å². The molecule has 4 rings (SSSR count). The summed E-state index contributed by atoms with van der Waals surface area (Å²) in [7, 11) is 0. The van der Waals surface area contributed by atoms with Crippen molar-refractivity contribution in [1.82, 2.24) is 20.5 Å². The van der Waals surface area contributed by atoms with E-state index in [1.807, 2.05) is 12.3 Å². The van der Waals surface area contributed by atoms with Gasteiger partial charge in [-0.3, -0.25) is 24.3 Å². The zero-order valence-electron chi connectivity index (χ0n) is 16.6. The van der Waals surface area contributed by atoms with Gasteiger partial charge in [-0.25, -0.2) is 0 Å². The van der Waals surface area contributed by atoms with E-state index < -0.39 is 6.04 Å². The maximum Gasteiger partial charge on any atom is 0.254 e. The zero-order chi connectivity index (χ0) is 20.9. The third-order valence-electron chi connectivity index (χ3n) is 5.52. The Morgan fingerprint density at radius 3 is 2.70 bits per heavy atom. The Morgan fingerprint density at radius 1 is 1.13 bits per heavy atom. The molecule has 0 aliphatic carbocycles. The minimum Gasteiger partial charge on any atom is -0.353 e. The van der Waals surface area contributed by atoms with Crippen molar-refractivity contribution in [3.63, 3.8) is 0 Å². The number of para-hydroxylation sites is 1. The lowest BCUT2D eigenvalue weighted by atomic mass is 10.0. The molecule has 8 nitrogen and oxygen atoms in total. The molecule has 3 heterocycles. The SMILES string of the molecule is O=C(CC1NC(=O)c2ccccc2NC1=O)NC1CCN(Cc2cccnc2)CC1. The lowest BCUT2D eigenvalue weighted by Gasteiger charge is -2.32. The lowest BCUT2D eigenvalue weighted by Crippen LogP contribution is -2.48. The monoisotopic (exact) mass is 407 g/mol. The van der Waals surface area contributed by atoms with Crippen LogP contribution in [0.3, 0.4) is 0 Å². The quantitative estimate of drug-likeness (QED) is 0.693. The summed E-state index contributed by atoms with van der Waals surface area (Å²) in [6.07, 6.45) is 5.25. The molecule has 30 heavy (non-hydrogen) atoms. The van der Waals surface area contributed by atoms with Crippen LogP contribution in [0.1, 0.15) is 35.2 Å². The van der Waals surface area contributed by atoms with Gasteiger partial charge >= 0.3 is 0 Å². The van der Waals surface area contributed by atoms with Gasteiger partial charge in [-0.15, -0.1) is 0 Å². The van der Waals surface area contributed by atoms with Crippen molar-refractivity contribution in [2.45, 2.75) is 37.9 Å². The van der Waals surface area contributed by atoms with Crippen molar-refractivity contribution in [1.29, 1.82) is 0 Å². The molecule has 1 aromatic carbocycles. The number of anilines is 1. The van der Waals surface area contributed by atoms with Crippen LogP contribution in [-0.2, 0) is 16.1 Å². The van der Waals surface area contributed by atoms with Crippen LogP contribution in [0.25, 0.3) is 0 Å². The molecule has 156 valence electrons. The molecule has 2 aromatic rings. The number of carbonyl (C=O) groups is 3. The number of aromatic nitrogens is 1. The molecule has 2 aliphatic heterocycles. The van der Waals surface area contributed by atoms with Crippen LogP contribution in [0.5, 0.6) is 0 Å². The highest BCUT2D eigenvalue weighted by atomic mass is 16.2. The van der Waals surface area contributed by atoms with E-state index in [4.69, 9.17) is 0 Å². The second kappa shape index (κ2) is 9.04. The Morgan fingerprint density at radius 2 is 1.93 bits per heavy atom. The van der Waals surface area contributed by atoms with Gasteiger partial charge in [0, 0.05) is 38.1 Å². The van der Waals surface area contributed by atoms with Crippen LogP contribution in [0.15, 0.2) is 48.8 Å². The molecule has 0 spiro atoms. The third kappa shape index (κ3) is 4.83. The third-order valence-corrected chi connectivity index (χ3v) is 5.52. The van der Waals surface area contributed by atoms with Crippen molar-refractivity contribution in [3.05, 3.63) is 59.9 Å². The van der Waals surface area contributed by atoms with E-state index in [2.05, 4.69) is 31.9 Å². The number of nitrogens with one attached hydrogen (secondary N) is 3. The molecule has 0 saturated carbocycles. The van der Waals surface area contributed by atoms with E-state index in [0.29, 0.717) is 11.3 Å². The smallest absolute Gasteiger partial charge is 0.254 e. The minimum absolute atomic E-state index is 0.0735. The number of nitrogens with zero attached hydrogens (tertiary/aromatic N) is 2. The number of piperidine rings is 1. The molecule has 0 bridgehead atoms. The Hall–Kier alpha value is -3.26. The van der Waals surface area contributed by atoms with Crippen LogP contribution >= 0.6 is 0 Å². The number of rotatable bonds is 5. The molecule has 3 N–H and O–H groups in total. The highest BCUT2D eigenvalue weighted by Gasteiger charge is 2.30. The number of amides is 3. The average Bonchev–Trinajstić information content (AvgIpc) is 2.86. The fourth-order valence-corrected chi connectivity index (χ4v) is 3.91. The van der Waals surface area contributed by atoms with E-state index in [-0.39, 0.29) is 30.2 Å². The highest BCUT2D eigenvalue weighted by Crippen LogP contribution is 2.19. The number of fused-ring (bicyclic) bond motifs is 1. The predicted octanol–water partition coefficient (Wildman–Crippen LogP) is 1.30. The highest BCUT2D eigenvalue weighted by molar-refractivity contribution is 6.10. The maximum atomic E-state index is 12.5. The molecule has 1 aromatic heterocycles. The number of carbonyl (C=O) groups excluding carboxylic acids is 3. The molecule has 2 aliphatic rings. The standard InChI is InChI=1S/C22H25N5O3/c28-20(12-19-22(30)25-18-6-2-1-5-17(18)21(29)26-19)24-16-7-10-27(11-8-16)14-15-4-3-9-23-13-15/h1-6,9,13,16,19H,7-8,10-12,14H2,(H,24,28)(H,25,30)(H,26,29). The average molecular weight is 407 g/mol. The Bertz CT molecular complexity index is 925. The molecule has 1 atom stereocenters. The number of likely N-dealkylation sites (tertiary alicyclic amines) is 1. The lowest BCUT2D eigenvalue weighted by molar-refractivity contribution is -0.126. The second-order valence-corrected chi connectivity index (χ2v) is 7.74. The zero-order valence-corrected chi connectivity index (χ0v) is 16.6. The Balaban J connectivity index is 1.26. The molecule has 1 fully saturated rings. The fourth-order valence-electron chi connectivity index (χ4n) is 3.91. The number of hydrogen-bond acceptors (Lipinski definition) is 5. The predicted molar refractivity (Wildman–Crippen MR) is 112 cm³/mol. The topological polar surface area (TPSA) is 103 Å². The largest absolute Gasteiger partial charge is 0.353 e. The van der Waals surface area contributed by atoms with E-state index in [1.54, 1.807) is 30.5 Å². The van der Waals surface area contributed by atoms with Gasteiger partial charge in [0.05, 0.1) is 17.7 Å². The first-order valence-corrected chi connectivity index (χ1v) is 10.2. The summed E-state index contributed by atoms with van der Waals surface area (Å²) < 4.78 is 0. The first kappa shape index (κ1) is 20.0. The van der Waals surface area contributed by atoms with Gasteiger partial charge < -0.3 is 16.0 Å². The van der Waals surface area contributed by atoms with Gasteiger partial charge in [0.25, 0.3) is 5.91 Å². The molecule has 0 radical (unpaired) electrons. The van der Waals surface area contributed by atoms with Crippen molar-refractivity contribution in [3.8, 4) is 0 Å². The molecular formula is C22H25N5O3. The van der Waals surface area contributed by atoms with Gasteiger partial charge in [0.15, 0.2) is 0 Å². The number of hydrogen-bond donors (Lipinski definition) is 3. The first-order valence-electron chi connectivity index (χ1n) is 10.2. The fraction of sp³-hybridized carbons (Fsp3) is 0.364. The Labute approximate surface area is 175 Å². The van der Waals surface area contributed by atoms with Gasteiger partial charge in [-0.2, -0.15) is 0 Å². The van der Waals surface area contributed by atoms with Crippen molar-refractivity contribution in [2.75, 3.05) is 18.4 Å². The summed E-state index contributed by atoms with van der Waals surface area (Å²) in [6.45, 7) is 2.62. The van der Waals surface area contributed by atoms with Crippen LogP contribution in [0, 0.1) is 0 Å². The van der Waals surface area contributed by atoms with E-state index >= 15 is 0 Å². The van der Waals surface area contributed by atoms with Crippen LogP contribution in [-0.4, -0.2) is 52.8 Å². The summed E-state index contributed by atoms with van der Waals surface area (Å²) >= 11 is 0. The minimum atomic E-state index is -0.893. The summed E-state index contributed by atoms with van der Waals surface area (Å²) in [4.78, 5) is 43.8. The summed E-state index contributed by atoms with van der Waals surface area (Å²) in [5.74, 6) is -0.965. The molecule has 8 heteroatoms. The van der Waals surface area contributed by atoms with E-state index in [0.717, 1.165) is 32.5 Å². The van der Waals surface area contributed by atoms with Crippen LogP contribution in [0.2, 0.25) is 0 Å². The number of pyridine rings is 1. The normalized spacial score (nSPS) is 19.9. The summed E-state index contributed by atoms with van der Waals surface area (Å²) in [5, 5.41) is 8.41. The molecule has 1 unspecified atom stereocenters. The van der Waals surface area contributed by atoms with E-state index in [1.165, 1.54) is 5.56 Å². The molecule has 1 saturated heterocycles. The van der Waals surface area contributed by atoms with Gasteiger partial charge in [-0.05, 0) is 36.6 Å². The summed E-state index contributed by atoms with van der Waals surface area (Å²) in [5.41, 5.74) is 2.04. The molecule has 3 amide bonds. The Kier molecular flexibility index (Phi) is 6.04. The maximum absolute atomic E-state index is 12.5. The summed E-state index contributed by atoms with van der Waals surface area (Å²) in [6, 6.07) is 9.98. The van der Waals surface area contributed by atoms with Gasteiger partial charge in [0.2, 0.25) is 11.8 Å². The first-order chi connectivity index (χ1) is 14.6. The van der Waals surface area contributed by atoms with Gasteiger partial charge in [-0.1, -0.05) is 18.2 Å². The van der Waals surface area contributed by atoms with Crippen LogP contribution < -0.4 is 16.0 Å². The van der Waals surface area contributed by atoms with Crippen molar-refractivity contribution in [2.24, 2.45) is 0 Å².